The van der Waals surface area contributed by atoms with Gasteiger partial charge < -0.3 is 5.73 Å². The van der Waals surface area contributed by atoms with Crippen molar-refractivity contribution in [2.24, 2.45) is 10.8 Å². The zero-order chi connectivity index (χ0) is 14.8. The van der Waals surface area contributed by atoms with Gasteiger partial charge in [-0.1, -0.05) is 0 Å². The molecule has 0 fully saturated rings. The molecule has 0 spiro atoms. The van der Waals surface area contributed by atoms with Crippen molar-refractivity contribution in [3.8, 4) is 0 Å². The van der Waals surface area contributed by atoms with Crippen LogP contribution >= 0.6 is 28.1 Å². The highest BCUT2D eigenvalue weighted by molar-refractivity contribution is 9.10. The van der Waals surface area contributed by atoms with Crippen LogP contribution in [0.1, 0.15) is 11.1 Å². The third-order valence-electron chi connectivity index (χ3n) is 1.86. The fourth-order valence-electron chi connectivity index (χ4n) is 1.10. The Morgan fingerprint density at radius 2 is 1.95 bits per heavy atom. The minimum Gasteiger partial charge on any atom is -0.375 e. The highest BCUT2D eigenvalue weighted by Crippen LogP contribution is 2.35. The largest absolute Gasteiger partial charge is 0.419 e. The van der Waals surface area contributed by atoms with Crippen LogP contribution < -0.4 is 11.2 Å². The summed E-state index contributed by atoms with van der Waals surface area (Å²) < 4.78 is 64.1. The molecule has 104 valence electrons. The van der Waals surface area contributed by atoms with Gasteiger partial charge in [0.25, 0.3) is 0 Å². The van der Waals surface area contributed by atoms with Crippen molar-refractivity contribution >= 4 is 39.5 Å². The maximum Gasteiger partial charge on any atom is 0.419 e. The highest BCUT2D eigenvalue weighted by Gasteiger charge is 2.36. The van der Waals surface area contributed by atoms with Crippen LogP contribution in [0, 0.1) is 11.6 Å². The summed E-state index contributed by atoms with van der Waals surface area (Å²) in [6.45, 7) is 0. The first kappa shape index (κ1) is 15.8. The molecule has 0 saturated carbocycles. The van der Waals surface area contributed by atoms with E-state index < -0.39 is 33.4 Å². The van der Waals surface area contributed by atoms with Gasteiger partial charge in [-0.15, -0.1) is 0 Å². The summed E-state index contributed by atoms with van der Waals surface area (Å²) in [5.41, 5.74) is 4.39. The highest BCUT2D eigenvalue weighted by atomic mass is 79.9. The maximum absolute atomic E-state index is 13.6. The average Bonchev–Trinajstić information content (AvgIpc) is 2.26. The molecule has 10 heteroatoms. The molecular formula is C9H5BrF5N3S. The van der Waals surface area contributed by atoms with Crippen LogP contribution in [-0.4, -0.2) is 11.3 Å². The van der Waals surface area contributed by atoms with Crippen LogP contribution in [-0.2, 0) is 6.18 Å². The van der Waals surface area contributed by atoms with Crippen molar-refractivity contribution in [2.75, 3.05) is 0 Å². The molecule has 3 nitrogen and oxygen atoms in total. The number of nitrogens with two attached hydrogens (primary N) is 1. The van der Waals surface area contributed by atoms with Gasteiger partial charge in [0.05, 0.1) is 21.8 Å². The fourth-order valence-corrected chi connectivity index (χ4v) is 1.60. The Kier molecular flexibility index (Phi) is 4.80. The molecule has 0 aliphatic carbocycles. The van der Waals surface area contributed by atoms with Crippen LogP contribution in [0.4, 0.5) is 22.0 Å². The van der Waals surface area contributed by atoms with Gasteiger partial charge in [0.15, 0.2) is 5.11 Å². The van der Waals surface area contributed by atoms with E-state index in [0.29, 0.717) is 12.3 Å². The number of halogens is 6. The topological polar surface area (TPSA) is 50.4 Å². The molecule has 1 aromatic rings. The van der Waals surface area contributed by atoms with Gasteiger partial charge in [-0.25, -0.2) is 8.78 Å². The fraction of sp³-hybridized carbons (Fsp3) is 0.111. The Labute approximate surface area is 117 Å². The van der Waals surface area contributed by atoms with Crippen LogP contribution in [0.5, 0.6) is 0 Å². The lowest BCUT2D eigenvalue weighted by molar-refractivity contribution is -0.140. The number of hydrogen-bond donors (Lipinski definition) is 2. The molecule has 1 rings (SSSR count). The smallest absolute Gasteiger partial charge is 0.375 e. The van der Waals surface area contributed by atoms with Gasteiger partial charge >= 0.3 is 6.18 Å². The molecule has 1 aromatic carbocycles. The lowest BCUT2D eigenvalue weighted by Gasteiger charge is -2.11. The van der Waals surface area contributed by atoms with Gasteiger partial charge in [0.1, 0.15) is 11.6 Å². The second-order valence-electron chi connectivity index (χ2n) is 3.18. The summed E-state index contributed by atoms with van der Waals surface area (Å²) in [7, 11) is 0. The van der Waals surface area contributed by atoms with Gasteiger partial charge in [-0.3, -0.25) is 5.43 Å². The summed E-state index contributed by atoms with van der Waals surface area (Å²) in [5, 5.41) is 2.91. The maximum atomic E-state index is 13.6. The average molecular weight is 362 g/mol. The zero-order valence-corrected chi connectivity index (χ0v) is 11.3. The first-order valence-electron chi connectivity index (χ1n) is 4.47. The SMILES string of the molecule is NC(=S)NN=Cc1c(F)c(Br)cc(C(F)(F)F)c1F. The molecule has 0 saturated heterocycles. The van der Waals surface area contributed by atoms with E-state index in [1.807, 2.05) is 5.43 Å². The zero-order valence-electron chi connectivity index (χ0n) is 8.86. The molecule has 0 aliphatic heterocycles. The van der Waals surface area contributed by atoms with Crippen LogP contribution in [0.25, 0.3) is 0 Å². The van der Waals surface area contributed by atoms with Gasteiger partial charge in [-0.05, 0) is 34.2 Å². The summed E-state index contributed by atoms with van der Waals surface area (Å²) >= 11 is 6.93. The summed E-state index contributed by atoms with van der Waals surface area (Å²) in [6, 6.07) is 0.309. The second-order valence-corrected chi connectivity index (χ2v) is 4.47. The second kappa shape index (κ2) is 5.78. The van der Waals surface area contributed by atoms with E-state index in [1.165, 1.54) is 0 Å². The van der Waals surface area contributed by atoms with Gasteiger partial charge in [-0.2, -0.15) is 18.3 Å². The number of hydrazone groups is 1. The predicted octanol–water partition coefficient (Wildman–Crippen LogP) is 2.91. The quantitative estimate of drug-likeness (QED) is 0.280. The molecule has 0 radical (unpaired) electrons. The minimum absolute atomic E-state index is 0.303. The molecule has 19 heavy (non-hydrogen) atoms. The molecule has 0 amide bonds. The number of nitrogens with one attached hydrogen (secondary N) is 1. The van der Waals surface area contributed by atoms with Crippen molar-refractivity contribution in [1.82, 2.24) is 5.43 Å². The Bertz CT molecular complexity index is 544. The molecule has 3 N–H and O–H groups in total. The third kappa shape index (κ3) is 3.83. The lowest BCUT2D eigenvalue weighted by atomic mass is 10.1. The van der Waals surface area contributed by atoms with Crippen LogP contribution in [0.2, 0.25) is 0 Å². The first-order chi connectivity index (χ1) is 8.64. The molecule has 0 aromatic heterocycles. The van der Waals surface area contributed by atoms with Crippen LogP contribution in [0.3, 0.4) is 0 Å². The molecule has 0 bridgehead atoms. The van der Waals surface area contributed by atoms with Crippen molar-refractivity contribution in [3.05, 3.63) is 33.3 Å². The Morgan fingerprint density at radius 3 is 2.42 bits per heavy atom. The van der Waals surface area contributed by atoms with E-state index in [-0.39, 0.29) is 5.11 Å². The van der Waals surface area contributed by atoms with E-state index in [4.69, 9.17) is 5.73 Å². The van der Waals surface area contributed by atoms with Crippen molar-refractivity contribution in [1.29, 1.82) is 0 Å². The number of hydrogen-bond acceptors (Lipinski definition) is 2. The Morgan fingerprint density at radius 1 is 1.37 bits per heavy atom. The molecule has 0 unspecified atom stereocenters. The summed E-state index contributed by atoms with van der Waals surface area (Å²) in [6.07, 6.45) is -4.44. The Balaban J connectivity index is 3.34. The van der Waals surface area contributed by atoms with E-state index in [0.717, 1.165) is 0 Å². The number of alkyl halides is 3. The number of rotatable bonds is 2. The van der Waals surface area contributed by atoms with Crippen LogP contribution in [0.15, 0.2) is 15.6 Å². The molecule has 0 heterocycles. The monoisotopic (exact) mass is 361 g/mol. The number of benzene rings is 1. The third-order valence-corrected chi connectivity index (χ3v) is 2.53. The molecular weight excluding hydrogens is 357 g/mol. The number of thiocarbonyl (C=S) groups is 1. The lowest BCUT2D eigenvalue weighted by Crippen LogP contribution is -2.24. The normalized spacial score (nSPS) is 11.9. The van der Waals surface area contributed by atoms with E-state index in [1.54, 1.807) is 0 Å². The summed E-state index contributed by atoms with van der Waals surface area (Å²) in [4.78, 5) is 0. The first-order valence-corrected chi connectivity index (χ1v) is 5.68. The standard InChI is InChI=1S/C9H5BrF5N3S/c10-5-1-4(9(13,14)15)6(11)3(7(5)12)2-17-18-8(16)19/h1-2H,(H3,16,18,19). The van der Waals surface area contributed by atoms with E-state index >= 15 is 0 Å². The van der Waals surface area contributed by atoms with Crippen molar-refractivity contribution < 1.29 is 22.0 Å². The van der Waals surface area contributed by atoms with Gasteiger partial charge in [0, 0.05) is 0 Å². The van der Waals surface area contributed by atoms with E-state index in [9.17, 15) is 22.0 Å². The summed E-state index contributed by atoms with van der Waals surface area (Å²) in [5.74, 6) is -3.00. The Hall–Kier alpha value is -1.29. The predicted molar refractivity (Wildman–Crippen MR) is 66.6 cm³/mol. The van der Waals surface area contributed by atoms with Gasteiger partial charge in [0.2, 0.25) is 0 Å². The number of nitrogens with zero attached hydrogens (tertiary/aromatic N) is 1. The molecule has 0 atom stereocenters. The molecule has 0 aliphatic rings. The van der Waals surface area contributed by atoms with Crippen molar-refractivity contribution in [2.45, 2.75) is 6.18 Å². The minimum atomic E-state index is -4.96. The van der Waals surface area contributed by atoms with E-state index in [2.05, 4.69) is 33.2 Å². The van der Waals surface area contributed by atoms with Crippen molar-refractivity contribution in [3.63, 3.8) is 0 Å².